The van der Waals surface area contributed by atoms with E-state index in [0.717, 1.165) is 23.5 Å². The van der Waals surface area contributed by atoms with Crippen LogP contribution >= 0.6 is 0 Å². The monoisotopic (exact) mass is 750 g/mol. The van der Waals surface area contributed by atoms with Crippen molar-refractivity contribution >= 4 is 11.9 Å². The van der Waals surface area contributed by atoms with Gasteiger partial charge in [0.15, 0.2) is 0 Å². The lowest BCUT2D eigenvalue weighted by atomic mass is 9.57. The van der Waals surface area contributed by atoms with Crippen molar-refractivity contribution in [2.24, 2.45) is 33.0 Å². The van der Waals surface area contributed by atoms with Gasteiger partial charge in [0.25, 0.3) is 0 Å². The third-order valence-electron chi connectivity index (χ3n) is 12.1. The number of hydrogen-bond acceptors (Lipinski definition) is 6. The lowest BCUT2D eigenvalue weighted by molar-refractivity contribution is -0.169. The zero-order valence-corrected chi connectivity index (χ0v) is 35.8. The maximum absolute atomic E-state index is 14.5. The summed E-state index contributed by atoms with van der Waals surface area (Å²) in [6.45, 7) is 26.0. The minimum atomic E-state index is -0.899. The highest BCUT2D eigenvalue weighted by Crippen LogP contribution is 2.53. The lowest BCUT2D eigenvalue weighted by Crippen LogP contribution is -2.47. The van der Waals surface area contributed by atoms with Crippen LogP contribution in [0.1, 0.15) is 112 Å². The normalized spacial score (nSPS) is 15.7. The van der Waals surface area contributed by atoms with Gasteiger partial charge in [-0.15, -0.1) is 0 Å². The molecule has 0 saturated heterocycles. The molecule has 0 saturated carbocycles. The number of aromatic nitrogens is 2. The molecule has 0 bridgehead atoms. The van der Waals surface area contributed by atoms with Crippen LogP contribution in [0.2, 0.25) is 0 Å². The highest BCUT2D eigenvalue weighted by Gasteiger charge is 2.52. The number of carbonyl (C=O) groups excluding carboxylic acids is 2. The molecule has 298 valence electrons. The molecule has 0 spiro atoms. The van der Waals surface area contributed by atoms with Crippen LogP contribution in [-0.4, -0.2) is 41.8 Å². The molecule has 7 nitrogen and oxygen atoms in total. The van der Waals surface area contributed by atoms with E-state index in [4.69, 9.17) is 14.2 Å². The summed E-state index contributed by atoms with van der Waals surface area (Å²) in [4.78, 5) is 32.5. The molecule has 0 aliphatic carbocycles. The summed E-state index contributed by atoms with van der Waals surface area (Å²) in [5.74, 6) is 1.06. The highest BCUT2D eigenvalue weighted by molar-refractivity contribution is 5.79. The Balaban J connectivity index is 1.52. The minimum Gasteiger partial charge on any atom is -0.490 e. The second kappa shape index (κ2) is 17.2. The molecule has 0 radical (unpaired) electrons. The van der Waals surface area contributed by atoms with E-state index in [-0.39, 0.29) is 47.8 Å². The Morgan fingerprint density at radius 1 is 0.764 bits per heavy atom. The average molecular weight is 751 g/mol. The van der Waals surface area contributed by atoms with E-state index in [2.05, 4.69) is 121 Å². The van der Waals surface area contributed by atoms with E-state index < -0.39 is 16.2 Å². The fourth-order valence-electron chi connectivity index (χ4n) is 8.14. The van der Waals surface area contributed by atoms with Gasteiger partial charge in [0.1, 0.15) is 24.8 Å². The summed E-state index contributed by atoms with van der Waals surface area (Å²) in [5, 5.41) is 0. The van der Waals surface area contributed by atoms with Gasteiger partial charge in [-0.25, -0.2) is 4.98 Å². The number of rotatable bonds is 16. The number of esters is 2. The first-order valence-electron chi connectivity index (χ1n) is 19.8. The van der Waals surface area contributed by atoms with Gasteiger partial charge in [0.05, 0.1) is 17.9 Å². The van der Waals surface area contributed by atoms with Crippen molar-refractivity contribution < 1.29 is 23.8 Å². The van der Waals surface area contributed by atoms with Crippen LogP contribution in [-0.2, 0) is 19.1 Å². The zero-order valence-electron chi connectivity index (χ0n) is 35.8. The van der Waals surface area contributed by atoms with E-state index >= 15 is 0 Å². The number of para-hydroxylation sites is 1. The number of nitrogens with zero attached hydrogens (tertiary/aromatic N) is 2. The second-order valence-electron chi connectivity index (χ2n) is 18.9. The third-order valence-corrected chi connectivity index (χ3v) is 12.1. The van der Waals surface area contributed by atoms with E-state index in [9.17, 15) is 9.59 Å². The van der Waals surface area contributed by atoms with E-state index in [1.165, 1.54) is 18.2 Å². The Labute approximate surface area is 331 Å². The zero-order chi connectivity index (χ0) is 40.8. The number of methoxy groups -OCH3 is 1. The lowest BCUT2D eigenvalue weighted by Gasteiger charge is -2.47. The smallest absolute Gasteiger partial charge is 0.312 e. The molecule has 4 unspecified atom stereocenters. The van der Waals surface area contributed by atoms with Crippen molar-refractivity contribution in [3.05, 3.63) is 102 Å². The maximum atomic E-state index is 14.5. The van der Waals surface area contributed by atoms with Gasteiger partial charge in [-0.05, 0) is 110 Å². The average Bonchev–Trinajstić information content (AvgIpc) is 3.61. The molecule has 0 amide bonds. The fraction of sp³-hybridized carbons (Fsp3) is 0.521. The molecule has 1 heterocycles. The number of ether oxygens (including phenoxy) is 3. The largest absolute Gasteiger partial charge is 0.490 e. The minimum absolute atomic E-state index is 0.00808. The molecular weight excluding hydrogens is 685 g/mol. The quantitative estimate of drug-likeness (QED) is 0.0838. The summed E-state index contributed by atoms with van der Waals surface area (Å²) in [6, 6.07) is 26.7. The van der Waals surface area contributed by atoms with Crippen LogP contribution in [0.25, 0.3) is 17.1 Å². The highest BCUT2D eigenvalue weighted by atomic mass is 16.6. The predicted molar refractivity (Wildman–Crippen MR) is 223 cm³/mol. The van der Waals surface area contributed by atoms with Gasteiger partial charge in [0, 0.05) is 23.6 Å². The summed E-state index contributed by atoms with van der Waals surface area (Å²) in [6.07, 6.45) is 5.71. The number of hydrogen-bond donors (Lipinski definition) is 0. The first-order valence-corrected chi connectivity index (χ1v) is 19.8. The topological polar surface area (TPSA) is 79.7 Å². The predicted octanol–water partition coefficient (Wildman–Crippen LogP) is 11.7. The Hall–Kier alpha value is -4.39. The van der Waals surface area contributed by atoms with Crippen LogP contribution in [0.15, 0.2) is 91.3 Å². The van der Waals surface area contributed by atoms with Gasteiger partial charge in [0.2, 0.25) is 0 Å². The molecule has 7 heteroatoms. The van der Waals surface area contributed by atoms with Crippen molar-refractivity contribution in [2.45, 2.75) is 108 Å². The number of aryl methyl sites for hydroxylation is 1. The van der Waals surface area contributed by atoms with Crippen LogP contribution < -0.4 is 4.74 Å². The summed E-state index contributed by atoms with van der Waals surface area (Å²) >= 11 is 0. The summed E-state index contributed by atoms with van der Waals surface area (Å²) in [7, 11) is 1.44. The van der Waals surface area contributed by atoms with Gasteiger partial charge in [-0.2, -0.15) is 0 Å². The van der Waals surface area contributed by atoms with Crippen LogP contribution in [0, 0.1) is 39.9 Å². The van der Waals surface area contributed by atoms with Crippen LogP contribution in [0.4, 0.5) is 0 Å². The maximum Gasteiger partial charge on any atom is 0.312 e. The first kappa shape index (κ1) is 43.3. The van der Waals surface area contributed by atoms with Crippen LogP contribution in [0.3, 0.4) is 0 Å². The van der Waals surface area contributed by atoms with Gasteiger partial charge in [-0.3, -0.25) is 14.2 Å². The molecule has 4 atom stereocenters. The molecule has 4 aromatic rings. The van der Waals surface area contributed by atoms with Crippen molar-refractivity contribution in [3.63, 3.8) is 0 Å². The van der Waals surface area contributed by atoms with Gasteiger partial charge in [-0.1, -0.05) is 111 Å². The first-order chi connectivity index (χ1) is 25.6. The summed E-state index contributed by atoms with van der Waals surface area (Å²) in [5.41, 5.74) is 2.16. The molecule has 0 N–H and O–H groups in total. The number of benzene rings is 3. The summed E-state index contributed by atoms with van der Waals surface area (Å²) < 4.78 is 19.6. The van der Waals surface area contributed by atoms with Crippen LogP contribution in [0.5, 0.6) is 5.75 Å². The van der Waals surface area contributed by atoms with Gasteiger partial charge >= 0.3 is 11.9 Å². The Morgan fingerprint density at radius 2 is 1.38 bits per heavy atom. The van der Waals surface area contributed by atoms with Crippen molar-refractivity contribution in [1.82, 2.24) is 9.55 Å². The molecule has 1 aromatic heterocycles. The third kappa shape index (κ3) is 10.3. The van der Waals surface area contributed by atoms with E-state index in [1.807, 2.05) is 62.6 Å². The van der Waals surface area contributed by atoms with Crippen molar-refractivity contribution in [2.75, 3.05) is 20.3 Å². The SMILES string of the molecule is COC(=O)C(C)(CC(C)C(C)(CC(C)(C)CC(c1ccccc1)C(C)(C)C)C(=O)OCCOc1ccc(-c2nccn2-c2ccccc2C)cc1)C(C)(C)C. The molecule has 0 fully saturated rings. The number of carbonyl (C=O) groups is 2. The Bertz CT molecular complexity index is 1860. The van der Waals surface area contributed by atoms with Crippen molar-refractivity contribution in [1.29, 1.82) is 0 Å². The molecule has 0 aliphatic rings. The van der Waals surface area contributed by atoms with E-state index in [0.29, 0.717) is 18.6 Å². The molecule has 4 rings (SSSR count). The number of imidazole rings is 1. The van der Waals surface area contributed by atoms with Gasteiger partial charge < -0.3 is 14.2 Å². The molecule has 0 aliphatic heterocycles. The second-order valence-corrected chi connectivity index (χ2v) is 18.9. The Morgan fingerprint density at radius 3 is 1.96 bits per heavy atom. The molecular formula is C48H66N2O5. The standard InChI is InChI=1S/C48H66N2O5/c1-34-19-17-18-22-40(34)50-28-27-49-41(50)37-23-25-38(26-24-37)54-29-30-55-42(51)47(11,35(2)31-48(12,43(52)53-13)45(6,7)8)33-46(9,10)32-39(44(3,4)5)36-20-15-14-16-21-36/h14-28,35,39H,29-33H2,1-13H3. The van der Waals surface area contributed by atoms with E-state index in [1.54, 1.807) is 0 Å². The molecule has 3 aromatic carbocycles. The molecule has 55 heavy (non-hydrogen) atoms. The fourth-order valence-corrected chi connectivity index (χ4v) is 8.14. The van der Waals surface area contributed by atoms with Crippen molar-refractivity contribution in [3.8, 4) is 22.8 Å². The Kier molecular flexibility index (Phi) is 13.5.